The number of amides is 1. The van der Waals surface area contributed by atoms with Crippen LogP contribution in [0.2, 0.25) is 0 Å². The van der Waals surface area contributed by atoms with Crippen LogP contribution in [0.4, 0.5) is 21.7 Å². The van der Waals surface area contributed by atoms with Crippen LogP contribution in [0.1, 0.15) is 36.0 Å². The van der Waals surface area contributed by atoms with Gasteiger partial charge in [0.05, 0.1) is 17.4 Å². The molecule has 1 fully saturated rings. The molecular formula is C25H26FN7O. The third-order valence-corrected chi connectivity index (χ3v) is 6.27. The Kier molecular flexibility index (Phi) is 5.85. The minimum Gasteiger partial charge on any atom is -0.365 e. The van der Waals surface area contributed by atoms with Gasteiger partial charge in [-0.15, -0.1) is 0 Å². The van der Waals surface area contributed by atoms with Crippen LogP contribution < -0.4 is 22.1 Å². The van der Waals surface area contributed by atoms with Crippen molar-refractivity contribution in [1.82, 2.24) is 15.0 Å². The fourth-order valence-corrected chi connectivity index (χ4v) is 4.42. The van der Waals surface area contributed by atoms with Gasteiger partial charge in [0.1, 0.15) is 5.82 Å². The molecule has 2 unspecified atom stereocenters. The van der Waals surface area contributed by atoms with E-state index in [1.807, 2.05) is 30.5 Å². The number of anilines is 3. The van der Waals surface area contributed by atoms with Crippen LogP contribution in [0, 0.1) is 5.82 Å². The fourth-order valence-electron chi connectivity index (χ4n) is 4.42. The standard InChI is InChI=1S/C25H26FN7O/c26-19-11-18(23(28)34)24(33-25(19)32-22-4-2-1-3-20(22)27)31-17-10-16(12-29-13-17)14-5-6-21-15(9-14)7-8-30-21/h5-13,20,22,30H,1-4,27H2,(H2,28,34)(H2,31,32,33). The zero-order valence-electron chi connectivity index (χ0n) is 18.5. The first-order valence-corrected chi connectivity index (χ1v) is 11.3. The van der Waals surface area contributed by atoms with Crippen molar-refractivity contribution in [2.24, 2.45) is 11.5 Å². The largest absolute Gasteiger partial charge is 0.365 e. The van der Waals surface area contributed by atoms with Crippen molar-refractivity contribution >= 4 is 34.1 Å². The lowest BCUT2D eigenvalue weighted by Gasteiger charge is -2.30. The SMILES string of the molecule is NC(=O)c1cc(F)c(NC2CCCCC2N)nc1Nc1cncc(-c2ccc3[nH]ccc3c2)c1. The van der Waals surface area contributed by atoms with E-state index in [0.717, 1.165) is 53.8 Å². The number of hydrogen-bond acceptors (Lipinski definition) is 6. The van der Waals surface area contributed by atoms with E-state index in [-0.39, 0.29) is 29.3 Å². The average molecular weight is 460 g/mol. The zero-order chi connectivity index (χ0) is 23.7. The minimum absolute atomic E-state index is 0.0388. The van der Waals surface area contributed by atoms with Gasteiger partial charge in [-0.2, -0.15) is 0 Å². The molecule has 1 aromatic carbocycles. The second-order valence-corrected chi connectivity index (χ2v) is 8.65. The summed E-state index contributed by atoms with van der Waals surface area (Å²) in [5.74, 6) is -1.24. The summed E-state index contributed by atoms with van der Waals surface area (Å²) in [5, 5.41) is 7.30. The molecule has 0 bridgehead atoms. The van der Waals surface area contributed by atoms with Crippen LogP contribution in [0.25, 0.3) is 22.0 Å². The quantitative estimate of drug-likeness (QED) is 0.292. The van der Waals surface area contributed by atoms with E-state index in [1.54, 1.807) is 12.4 Å². The van der Waals surface area contributed by atoms with E-state index in [1.165, 1.54) is 0 Å². The van der Waals surface area contributed by atoms with Crippen molar-refractivity contribution in [2.45, 2.75) is 37.8 Å². The number of nitrogens with two attached hydrogens (primary N) is 2. The Morgan fingerprint density at radius 2 is 1.91 bits per heavy atom. The number of aromatic nitrogens is 3. The highest BCUT2D eigenvalue weighted by Gasteiger charge is 2.24. The lowest BCUT2D eigenvalue weighted by Crippen LogP contribution is -2.43. The molecule has 1 aliphatic rings. The molecule has 0 saturated heterocycles. The minimum atomic E-state index is -0.781. The Balaban J connectivity index is 1.45. The number of halogens is 1. The topological polar surface area (TPSA) is 135 Å². The maximum atomic E-state index is 14.8. The normalized spacial score (nSPS) is 18.1. The Morgan fingerprint density at radius 3 is 2.74 bits per heavy atom. The van der Waals surface area contributed by atoms with E-state index in [2.05, 4.69) is 31.7 Å². The Labute approximate surface area is 196 Å². The lowest BCUT2D eigenvalue weighted by atomic mass is 9.91. The number of fused-ring (bicyclic) bond motifs is 1. The number of pyridine rings is 2. The third kappa shape index (κ3) is 4.42. The number of carbonyl (C=O) groups excluding carboxylic acids is 1. The van der Waals surface area contributed by atoms with Crippen molar-refractivity contribution in [3.05, 3.63) is 66.4 Å². The summed E-state index contributed by atoms with van der Waals surface area (Å²) in [7, 11) is 0. The van der Waals surface area contributed by atoms with Crippen LogP contribution in [-0.4, -0.2) is 32.9 Å². The maximum Gasteiger partial charge on any atom is 0.252 e. The molecule has 0 aliphatic heterocycles. The molecule has 3 aromatic heterocycles. The molecule has 9 heteroatoms. The van der Waals surface area contributed by atoms with Gasteiger partial charge >= 0.3 is 0 Å². The number of primary amides is 1. The molecule has 2 atom stereocenters. The summed E-state index contributed by atoms with van der Waals surface area (Å²) >= 11 is 0. The summed E-state index contributed by atoms with van der Waals surface area (Å²) in [6, 6.07) is 10.9. The van der Waals surface area contributed by atoms with Crippen molar-refractivity contribution in [3.8, 4) is 11.1 Å². The summed E-state index contributed by atoms with van der Waals surface area (Å²) in [6.45, 7) is 0. The highest BCUT2D eigenvalue weighted by atomic mass is 19.1. The van der Waals surface area contributed by atoms with E-state index in [4.69, 9.17) is 11.5 Å². The molecule has 5 rings (SSSR count). The first-order valence-electron chi connectivity index (χ1n) is 11.3. The van der Waals surface area contributed by atoms with Crippen molar-refractivity contribution in [3.63, 3.8) is 0 Å². The molecule has 34 heavy (non-hydrogen) atoms. The summed E-state index contributed by atoms with van der Waals surface area (Å²) in [4.78, 5) is 23.9. The molecule has 7 N–H and O–H groups in total. The van der Waals surface area contributed by atoms with Crippen LogP contribution in [0.5, 0.6) is 0 Å². The van der Waals surface area contributed by atoms with E-state index in [0.29, 0.717) is 5.69 Å². The summed E-state index contributed by atoms with van der Waals surface area (Å²) in [5.41, 5.74) is 15.2. The first-order chi connectivity index (χ1) is 16.5. The molecular weight excluding hydrogens is 433 g/mol. The molecule has 1 aliphatic carbocycles. The van der Waals surface area contributed by atoms with Gasteiger partial charge in [0.25, 0.3) is 5.91 Å². The number of H-pyrrole nitrogens is 1. The monoisotopic (exact) mass is 459 g/mol. The van der Waals surface area contributed by atoms with Gasteiger partial charge in [-0.05, 0) is 54.1 Å². The van der Waals surface area contributed by atoms with Crippen molar-refractivity contribution < 1.29 is 9.18 Å². The summed E-state index contributed by atoms with van der Waals surface area (Å²) < 4.78 is 14.8. The molecule has 3 heterocycles. The number of nitrogens with one attached hydrogen (secondary N) is 3. The van der Waals surface area contributed by atoms with Gasteiger partial charge in [0.15, 0.2) is 11.6 Å². The Hall–Kier alpha value is -3.98. The van der Waals surface area contributed by atoms with E-state index >= 15 is 0 Å². The average Bonchev–Trinajstić information content (AvgIpc) is 3.30. The van der Waals surface area contributed by atoms with Crippen molar-refractivity contribution in [2.75, 3.05) is 10.6 Å². The van der Waals surface area contributed by atoms with Gasteiger partial charge in [0, 0.05) is 35.6 Å². The van der Waals surface area contributed by atoms with Crippen molar-refractivity contribution in [1.29, 1.82) is 0 Å². The number of nitrogens with zero attached hydrogens (tertiary/aromatic N) is 2. The predicted octanol–water partition coefficient (Wildman–Crippen LogP) is 4.29. The van der Waals surface area contributed by atoms with Gasteiger partial charge < -0.3 is 27.1 Å². The Bertz CT molecular complexity index is 1350. The molecule has 8 nitrogen and oxygen atoms in total. The van der Waals surface area contributed by atoms with Gasteiger partial charge in [0.2, 0.25) is 0 Å². The van der Waals surface area contributed by atoms with Crippen LogP contribution in [-0.2, 0) is 0 Å². The number of aromatic amines is 1. The second-order valence-electron chi connectivity index (χ2n) is 8.65. The van der Waals surface area contributed by atoms with E-state index in [9.17, 15) is 9.18 Å². The number of carbonyl (C=O) groups is 1. The zero-order valence-corrected chi connectivity index (χ0v) is 18.5. The molecule has 4 aromatic rings. The Morgan fingerprint density at radius 1 is 1.06 bits per heavy atom. The second kappa shape index (κ2) is 9.11. The lowest BCUT2D eigenvalue weighted by molar-refractivity contribution is 0.100. The fraction of sp³-hybridized carbons (Fsp3) is 0.240. The van der Waals surface area contributed by atoms with Gasteiger partial charge in [-0.25, -0.2) is 9.37 Å². The van der Waals surface area contributed by atoms with Gasteiger partial charge in [-0.1, -0.05) is 18.9 Å². The first kappa shape index (κ1) is 21.8. The van der Waals surface area contributed by atoms with E-state index < -0.39 is 11.7 Å². The van der Waals surface area contributed by atoms with Gasteiger partial charge in [-0.3, -0.25) is 9.78 Å². The molecule has 1 amide bonds. The van der Waals surface area contributed by atoms with Crippen LogP contribution >= 0.6 is 0 Å². The maximum absolute atomic E-state index is 14.8. The number of hydrogen-bond donors (Lipinski definition) is 5. The molecule has 0 radical (unpaired) electrons. The smallest absolute Gasteiger partial charge is 0.252 e. The van der Waals surface area contributed by atoms with Crippen LogP contribution in [0.15, 0.2) is 55.0 Å². The number of benzene rings is 1. The molecule has 0 spiro atoms. The molecule has 174 valence electrons. The number of rotatable bonds is 6. The third-order valence-electron chi connectivity index (χ3n) is 6.27. The van der Waals surface area contributed by atoms with Crippen LogP contribution in [0.3, 0.4) is 0 Å². The highest BCUT2D eigenvalue weighted by Crippen LogP contribution is 2.29. The highest BCUT2D eigenvalue weighted by molar-refractivity contribution is 5.98. The summed E-state index contributed by atoms with van der Waals surface area (Å²) in [6.07, 6.45) is 9.04. The molecule has 1 saturated carbocycles. The predicted molar refractivity (Wildman–Crippen MR) is 131 cm³/mol.